The number of rotatable bonds is 1. The van der Waals surface area contributed by atoms with Crippen LogP contribution in [0.25, 0.3) is 28.2 Å². The van der Waals surface area contributed by atoms with Gasteiger partial charge in [-0.15, -0.1) is 0 Å². The standard InChI is InChI=1S/C14H10BrN5O2/c1-19-11-10(12(21)18-14(19)22)20-6-9(16-13(20)17-11)7-2-4-8(15)5-3-7/h2-6H,1H3,(H,16,17)(H,18,21,22). The molecule has 110 valence electrons. The molecule has 0 aliphatic heterocycles. The largest absolute Gasteiger partial charge is 0.329 e. The van der Waals surface area contributed by atoms with E-state index in [-0.39, 0.29) is 0 Å². The third kappa shape index (κ3) is 1.77. The monoisotopic (exact) mass is 359 g/mol. The highest BCUT2D eigenvalue weighted by Crippen LogP contribution is 2.22. The maximum Gasteiger partial charge on any atom is 0.329 e. The summed E-state index contributed by atoms with van der Waals surface area (Å²) in [6, 6.07) is 7.79. The summed E-state index contributed by atoms with van der Waals surface area (Å²) in [7, 11) is 1.57. The van der Waals surface area contributed by atoms with E-state index in [0.717, 1.165) is 15.7 Å². The number of H-pyrrole nitrogens is 2. The molecule has 22 heavy (non-hydrogen) atoms. The molecule has 0 spiro atoms. The van der Waals surface area contributed by atoms with Crippen LogP contribution in [-0.4, -0.2) is 23.9 Å². The van der Waals surface area contributed by atoms with Gasteiger partial charge in [0, 0.05) is 17.7 Å². The van der Waals surface area contributed by atoms with Gasteiger partial charge in [-0.05, 0) is 17.7 Å². The van der Waals surface area contributed by atoms with Gasteiger partial charge in [-0.25, -0.2) is 4.79 Å². The lowest BCUT2D eigenvalue weighted by Crippen LogP contribution is -2.28. The van der Waals surface area contributed by atoms with E-state index in [1.807, 2.05) is 24.3 Å². The average molecular weight is 360 g/mol. The predicted molar refractivity (Wildman–Crippen MR) is 86.0 cm³/mol. The van der Waals surface area contributed by atoms with Crippen molar-refractivity contribution in [3.05, 3.63) is 55.8 Å². The maximum atomic E-state index is 12.1. The van der Waals surface area contributed by atoms with Gasteiger partial charge in [0.1, 0.15) is 0 Å². The Balaban J connectivity index is 2.04. The lowest BCUT2D eigenvalue weighted by atomic mass is 10.2. The second-order valence-electron chi connectivity index (χ2n) is 4.97. The molecule has 3 aromatic heterocycles. The molecule has 0 unspecified atom stereocenters. The van der Waals surface area contributed by atoms with Gasteiger partial charge in [0.05, 0.1) is 5.69 Å². The van der Waals surface area contributed by atoms with Crippen LogP contribution in [0.15, 0.2) is 44.5 Å². The molecular weight excluding hydrogens is 350 g/mol. The van der Waals surface area contributed by atoms with Crippen molar-refractivity contribution in [3.63, 3.8) is 0 Å². The van der Waals surface area contributed by atoms with Crippen LogP contribution in [0.2, 0.25) is 0 Å². The van der Waals surface area contributed by atoms with E-state index in [4.69, 9.17) is 0 Å². The smallest absolute Gasteiger partial charge is 0.323 e. The van der Waals surface area contributed by atoms with Gasteiger partial charge in [-0.3, -0.25) is 18.7 Å². The highest BCUT2D eigenvalue weighted by Gasteiger charge is 2.15. The molecule has 0 aliphatic carbocycles. The van der Waals surface area contributed by atoms with E-state index >= 15 is 0 Å². The summed E-state index contributed by atoms with van der Waals surface area (Å²) in [6.45, 7) is 0. The molecule has 4 aromatic rings. The number of hydrogen-bond donors (Lipinski definition) is 2. The fraction of sp³-hybridized carbons (Fsp3) is 0.0714. The topological polar surface area (TPSA) is 87.9 Å². The van der Waals surface area contributed by atoms with Crippen molar-refractivity contribution in [3.8, 4) is 11.3 Å². The predicted octanol–water partition coefficient (Wildman–Crippen LogP) is 1.63. The second-order valence-corrected chi connectivity index (χ2v) is 5.89. The Hall–Kier alpha value is -2.61. The van der Waals surface area contributed by atoms with Crippen LogP contribution in [0.5, 0.6) is 0 Å². The Kier molecular flexibility index (Phi) is 2.64. The van der Waals surface area contributed by atoms with Crippen molar-refractivity contribution in [2.24, 2.45) is 7.05 Å². The Morgan fingerprint density at radius 1 is 1.14 bits per heavy atom. The number of nitrogens with zero attached hydrogens (tertiary/aromatic N) is 3. The van der Waals surface area contributed by atoms with Crippen LogP contribution >= 0.6 is 15.9 Å². The van der Waals surface area contributed by atoms with Gasteiger partial charge < -0.3 is 4.98 Å². The quantitative estimate of drug-likeness (QED) is 0.541. The lowest BCUT2D eigenvalue weighted by Gasteiger charge is -1.98. The Bertz CT molecular complexity index is 1130. The molecule has 0 radical (unpaired) electrons. The number of aromatic amines is 2. The van der Waals surface area contributed by atoms with Crippen LogP contribution in [0.3, 0.4) is 0 Å². The Morgan fingerprint density at radius 2 is 1.86 bits per heavy atom. The van der Waals surface area contributed by atoms with E-state index in [9.17, 15) is 9.59 Å². The van der Waals surface area contributed by atoms with Gasteiger partial charge in [-0.1, -0.05) is 28.1 Å². The van der Waals surface area contributed by atoms with Crippen molar-refractivity contribution in [1.29, 1.82) is 0 Å². The number of hydrogen-bond acceptors (Lipinski definition) is 3. The van der Waals surface area contributed by atoms with Gasteiger partial charge in [0.2, 0.25) is 5.78 Å². The summed E-state index contributed by atoms with van der Waals surface area (Å²) in [4.78, 5) is 33.5. The van der Waals surface area contributed by atoms with E-state index in [2.05, 4.69) is 30.9 Å². The summed E-state index contributed by atoms with van der Waals surface area (Å²) >= 11 is 3.40. The minimum Gasteiger partial charge on any atom is -0.323 e. The van der Waals surface area contributed by atoms with Crippen molar-refractivity contribution < 1.29 is 0 Å². The molecule has 7 nitrogen and oxygen atoms in total. The first-order valence-electron chi connectivity index (χ1n) is 6.50. The van der Waals surface area contributed by atoms with Crippen molar-refractivity contribution >= 4 is 32.9 Å². The summed E-state index contributed by atoms with van der Waals surface area (Å²) in [5.74, 6) is 0.514. The third-order valence-electron chi connectivity index (χ3n) is 3.61. The highest BCUT2D eigenvalue weighted by atomic mass is 79.9. The number of aryl methyl sites for hydroxylation is 1. The molecule has 0 bridgehead atoms. The maximum absolute atomic E-state index is 12.1. The molecule has 4 rings (SSSR count). The number of fused-ring (bicyclic) bond motifs is 3. The first-order valence-corrected chi connectivity index (χ1v) is 7.30. The first kappa shape index (κ1) is 13.1. The van der Waals surface area contributed by atoms with Crippen LogP contribution in [-0.2, 0) is 7.05 Å². The van der Waals surface area contributed by atoms with Crippen molar-refractivity contribution in [2.45, 2.75) is 0 Å². The minimum atomic E-state index is -0.480. The Morgan fingerprint density at radius 3 is 2.59 bits per heavy atom. The number of benzene rings is 1. The molecule has 0 aliphatic rings. The molecule has 3 heterocycles. The SMILES string of the molecule is Cn1c(=O)[nH]c(=O)c2c1nc1[nH]c(-c3ccc(Br)cc3)cn12. The van der Waals surface area contributed by atoms with E-state index in [1.165, 1.54) is 4.57 Å². The van der Waals surface area contributed by atoms with Crippen LogP contribution < -0.4 is 11.2 Å². The number of halogens is 1. The van der Waals surface area contributed by atoms with E-state index in [0.29, 0.717) is 16.9 Å². The number of aromatic nitrogens is 5. The lowest BCUT2D eigenvalue weighted by molar-refractivity contribution is 0.832. The number of nitrogens with one attached hydrogen (secondary N) is 2. The molecule has 0 amide bonds. The summed E-state index contributed by atoms with van der Waals surface area (Å²) in [6.07, 6.45) is 1.80. The zero-order valence-corrected chi connectivity index (χ0v) is 13.0. The van der Waals surface area contributed by atoms with Gasteiger partial charge in [0.25, 0.3) is 5.56 Å². The summed E-state index contributed by atoms with van der Waals surface area (Å²) < 4.78 is 3.96. The van der Waals surface area contributed by atoms with Crippen molar-refractivity contribution in [1.82, 2.24) is 23.9 Å². The second kappa shape index (κ2) is 4.44. The fourth-order valence-electron chi connectivity index (χ4n) is 2.47. The first-order chi connectivity index (χ1) is 10.5. The highest BCUT2D eigenvalue weighted by molar-refractivity contribution is 9.10. The molecule has 0 fully saturated rings. The number of imidazole rings is 2. The van der Waals surface area contributed by atoms with Gasteiger partial charge in [-0.2, -0.15) is 4.98 Å². The Labute approximate surface area is 131 Å². The molecule has 0 atom stereocenters. The summed E-state index contributed by atoms with van der Waals surface area (Å²) in [5.41, 5.74) is 1.57. The van der Waals surface area contributed by atoms with E-state index < -0.39 is 11.2 Å². The third-order valence-corrected chi connectivity index (χ3v) is 4.14. The minimum absolute atomic E-state index is 0.344. The molecule has 2 N–H and O–H groups in total. The zero-order valence-electron chi connectivity index (χ0n) is 11.4. The van der Waals surface area contributed by atoms with Crippen LogP contribution in [0.1, 0.15) is 0 Å². The van der Waals surface area contributed by atoms with Crippen LogP contribution in [0, 0.1) is 0 Å². The van der Waals surface area contributed by atoms with E-state index in [1.54, 1.807) is 17.6 Å². The zero-order chi connectivity index (χ0) is 15.4. The van der Waals surface area contributed by atoms with Gasteiger partial charge in [0.15, 0.2) is 11.2 Å². The summed E-state index contributed by atoms with van der Waals surface area (Å²) in [5, 5.41) is 0. The van der Waals surface area contributed by atoms with Crippen LogP contribution in [0.4, 0.5) is 0 Å². The molecular formula is C14H10BrN5O2. The molecule has 8 heteroatoms. The van der Waals surface area contributed by atoms with Crippen molar-refractivity contribution in [2.75, 3.05) is 0 Å². The molecule has 0 saturated heterocycles. The average Bonchev–Trinajstić information content (AvgIpc) is 3.03. The normalized spacial score (nSPS) is 11.5. The van der Waals surface area contributed by atoms with Gasteiger partial charge >= 0.3 is 5.69 Å². The fourth-order valence-corrected chi connectivity index (χ4v) is 2.74. The molecule has 0 saturated carbocycles. The molecule has 1 aromatic carbocycles.